The molecule has 6 nitrogen and oxygen atoms in total. The van der Waals surface area contributed by atoms with E-state index in [9.17, 15) is 4.79 Å². The van der Waals surface area contributed by atoms with E-state index in [4.69, 9.17) is 5.73 Å². The first kappa shape index (κ1) is 19.1. The van der Waals surface area contributed by atoms with Gasteiger partial charge in [0.2, 0.25) is 5.91 Å². The molecule has 2 heterocycles. The molecule has 1 aromatic carbocycles. The standard InChI is InChI=1S/C18H23N5O.ClH/c19-16(15-6-2-1-3-7-15)14-18(24)23-11-5-10-22(12-13-23)17-8-4-9-20-21-17;/h1-4,6-9,16H,5,10-14,19H2;1H. The summed E-state index contributed by atoms with van der Waals surface area (Å²) < 4.78 is 0. The topological polar surface area (TPSA) is 75.4 Å². The van der Waals surface area contributed by atoms with E-state index >= 15 is 0 Å². The number of carbonyl (C=O) groups excluding carboxylic acids is 1. The van der Waals surface area contributed by atoms with Crippen molar-refractivity contribution in [3.8, 4) is 0 Å². The molecule has 0 saturated carbocycles. The predicted octanol–water partition coefficient (Wildman–Crippen LogP) is 2.03. The van der Waals surface area contributed by atoms with Gasteiger partial charge in [0.05, 0.1) is 0 Å². The number of rotatable bonds is 4. The van der Waals surface area contributed by atoms with Crippen LogP contribution in [0.3, 0.4) is 0 Å². The van der Waals surface area contributed by atoms with Gasteiger partial charge in [-0.25, -0.2) is 0 Å². The molecule has 0 radical (unpaired) electrons. The van der Waals surface area contributed by atoms with E-state index in [1.165, 1.54) is 0 Å². The minimum atomic E-state index is -0.252. The monoisotopic (exact) mass is 361 g/mol. The lowest BCUT2D eigenvalue weighted by Crippen LogP contribution is -2.36. The van der Waals surface area contributed by atoms with Gasteiger partial charge < -0.3 is 15.5 Å². The van der Waals surface area contributed by atoms with Crippen LogP contribution in [-0.2, 0) is 4.79 Å². The zero-order valence-electron chi connectivity index (χ0n) is 14.1. The fourth-order valence-corrected chi connectivity index (χ4v) is 2.99. The molecule has 1 saturated heterocycles. The van der Waals surface area contributed by atoms with Crippen molar-refractivity contribution in [3.63, 3.8) is 0 Å². The van der Waals surface area contributed by atoms with E-state index < -0.39 is 0 Å². The van der Waals surface area contributed by atoms with E-state index in [0.29, 0.717) is 13.0 Å². The predicted molar refractivity (Wildman–Crippen MR) is 101 cm³/mol. The van der Waals surface area contributed by atoms with Gasteiger partial charge in [0.15, 0.2) is 5.82 Å². The highest BCUT2D eigenvalue weighted by atomic mass is 35.5. The van der Waals surface area contributed by atoms with Crippen molar-refractivity contribution in [1.29, 1.82) is 0 Å². The average Bonchev–Trinajstić information content (AvgIpc) is 2.89. The molecule has 1 fully saturated rings. The number of hydrogen-bond acceptors (Lipinski definition) is 5. The van der Waals surface area contributed by atoms with Gasteiger partial charge in [-0.2, -0.15) is 5.10 Å². The van der Waals surface area contributed by atoms with Crippen LogP contribution >= 0.6 is 12.4 Å². The summed E-state index contributed by atoms with van der Waals surface area (Å²) in [7, 11) is 0. The summed E-state index contributed by atoms with van der Waals surface area (Å²) in [6.45, 7) is 3.10. The van der Waals surface area contributed by atoms with Crippen LogP contribution in [0.4, 0.5) is 5.82 Å². The lowest BCUT2D eigenvalue weighted by molar-refractivity contribution is -0.131. The number of hydrogen-bond donors (Lipinski definition) is 1. The summed E-state index contributed by atoms with van der Waals surface area (Å²) in [5, 5.41) is 8.08. The Labute approximate surface area is 154 Å². The Morgan fingerprint density at radius 1 is 1.08 bits per heavy atom. The molecule has 0 bridgehead atoms. The maximum absolute atomic E-state index is 12.6. The molecule has 0 aliphatic carbocycles. The van der Waals surface area contributed by atoms with Gasteiger partial charge >= 0.3 is 0 Å². The van der Waals surface area contributed by atoms with Gasteiger partial charge in [-0.05, 0) is 24.1 Å². The minimum absolute atomic E-state index is 0. The van der Waals surface area contributed by atoms with Gasteiger partial charge in [0.25, 0.3) is 0 Å². The summed E-state index contributed by atoms with van der Waals surface area (Å²) in [4.78, 5) is 16.7. The Bertz CT molecular complexity index is 655. The zero-order chi connectivity index (χ0) is 16.8. The number of amides is 1. The molecule has 1 atom stereocenters. The number of halogens is 1. The maximum atomic E-state index is 12.6. The largest absolute Gasteiger partial charge is 0.353 e. The third kappa shape index (κ3) is 5.14. The third-order valence-electron chi connectivity index (χ3n) is 4.35. The first-order valence-corrected chi connectivity index (χ1v) is 8.35. The number of aromatic nitrogens is 2. The molecular formula is C18H24ClN5O. The van der Waals surface area contributed by atoms with E-state index in [1.807, 2.05) is 47.4 Å². The first-order chi connectivity index (χ1) is 11.7. The van der Waals surface area contributed by atoms with Crippen LogP contribution in [0.1, 0.15) is 24.4 Å². The van der Waals surface area contributed by atoms with Crippen molar-refractivity contribution in [2.24, 2.45) is 5.73 Å². The van der Waals surface area contributed by atoms with E-state index in [1.54, 1.807) is 6.20 Å². The number of benzene rings is 1. The summed E-state index contributed by atoms with van der Waals surface area (Å²) in [5.74, 6) is 0.986. The van der Waals surface area contributed by atoms with Crippen LogP contribution in [0.2, 0.25) is 0 Å². The average molecular weight is 362 g/mol. The van der Waals surface area contributed by atoms with Crippen molar-refractivity contribution >= 4 is 24.1 Å². The highest BCUT2D eigenvalue weighted by Gasteiger charge is 2.22. The van der Waals surface area contributed by atoms with Gasteiger partial charge in [-0.1, -0.05) is 30.3 Å². The van der Waals surface area contributed by atoms with E-state index in [-0.39, 0.29) is 24.4 Å². The van der Waals surface area contributed by atoms with Crippen LogP contribution in [0, 0.1) is 0 Å². The molecule has 3 rings (SSSR count). The molecule has 7 heteroatoms. The maximum Gasteiger partial charge on any atom is 0.224 e. The fraction of sp³-hybridized carbons (Fsp3) is 0.389. The molecule has 1 aliphatic rings. The van der Waals surface area contributed by atoms with Crippen molar-refractivity contribution in [3.05, 3.63) is 54.2 Å². The Balaban J connectivity index is 0.00000225. The second kappa shape index (κ2) is 9.34. The number of anilines is 1. The Morgan fingerprint density at radius 3 is 2.60 bits per heavy atom. The van der Waals surface area contributed by atoms with Crippen molar-refractivity contribution in [2.45, 2.75) is 18.9 Å². The van der Waals surface area contributed by atoms with Crippen LogP contribution < -0.4 is 10.6 Å². The number of nitrogens with two attached hydrogens (primary N) is 1. The normalized spacial score (nSPS) is 15.9. The van der Waals surface area contributed by atoms with Crippen LogP contribution in [0.15, 0.2) is 48.7 Å². The molecule has 0 spiro atoms. The van der Waals surface area contributed by atoms with Crippen molar-refractivity contribution in [1.82, 2.24) is 15.1 Å². The highest BCUT2D eigenvalue weighted by molar-refractivity contribution is 5.85. The molecule has 1 amide bonds. The molecule has 2 aromatic rings. The Hall–Kier alpha value is -2.18. The summed E-state index contributed by atoms with van der Waals surface area (Å²) in [6.07, 6.45) is 2.93. The smallest absolute Gasteiger partial charge is 0.224 e. The molecule has 134 valence electrons. The van der Waals surface area contributed by atoms with Crippen LogP contribution in [0.25, 0.3) is 0 Å². The SMILES string of the molecule is Cl.NC(CC(=O)N1CCCN(c2cccnn2)CC1)c1ccccc1. The van der Waals surface area contributed by atoms with E-state index in [2.05, 4.69) is 15.1 Å². The second-order valence-corrected chi connectivity index (χ2v) is 6.02. The van der Waals surface area contributed by atoms with Crippen molar-refractivity contribution < 1.29 is 4.79 Å². The summed E-state index contributed by atoms with van der Waals surface area (Å²) in [5.41, 5.74) is 7.19. The molecular weight excluding hydrogens is 338 g/mol. The minimum Gasteiger partial charge on any atom is -0.353 e. The van der Waals surface area contributed by atoms with Crippen LogP contribution in [0.5, 0.6) is 0 Å². The molecule has 2 N–H and O–H groups in total. The van der Waals surface area contributed by atoms with Gasteiger partial charge in [0, 0.05) is 44.8 Å². The van der Waals surface area contributed by atoms with Gasteiger partial charge in [0.1, 0.15) is 0 Å². The first-order valence-electron chi connectivity index (χ1n) is 8.35. The quantitative estimate of drug-likeness (QED) is 0.901. The van der Waals surface area contributed by atoms with Crippen molar-refractivity contribution in [2.75, 3.05) is 31.1 Å². The number of nitrogens with zero attached hydrogens (tertiary/aromatic N) is 4. The molecule has 1 unspecified atom stereocenters. The zero-order valence-corrected chi connectivity index (χ0v) is 14.9. The van der Waals surface area contributed by atoms with E-state index in [0.717, 1.165) is 37.4 Å². The second-order valence-electron chi connectivity index (χ2n) is 6.02. The molecule has 1 aromatic heterocycles. The van der Waals surface area contributed by atoms with Crippen LogP contribution in [-0.4, -0.2) is 47.2 Å². The van der Waals surface area contributed by atoms with Gasteiger partial charge in [-0.15, -0.1) is 17.5 Å². The third-order valence-corrected chi connectivity index (χ3v) is 4.35. The summed E-state index contributed by atoms with van der Waals surface area (Å²) in [6, 6.07) is 13.4. The molecule has 1 aliphatic heterocycles. The summed E-state index contributed by atoms with van der Waals surface area (Å²) >= 11 is 0. The molecule has 25 heavy (non-hydrogen) atoms. The number of carbonyl (C=O) groups is 1. The lowest BCUT2D eigenvalue weighted by atomic mass is 10.0. The Morgan fingerprint density at radius 2 is 1.88 bits per heavy atom. The highest BCUT2D eigenvalue weighted by Crippen LogP contribution is 2.17. The fourth-order valence-electron chi connectivity index (χ4n) is 2.99. The Kier molecular flexibility index (Phi) is 7.16. The lowest BCUT2D eigenvalue weighted by Gasteiger charge is -2.23. The van der Waals surface area contributed by atoms with Gasteiger partial charge in [-0.3, -0.25) is 4.79 Å².